The molecule has 2 aliphatic heterocycles. The summed E-state index contributed by atoms with van der Waals surface area (Å²) in [5.74, 6) is 0.264. The van der Waals surface area contributed by atoms with Gasteiger partial charge in [-0.15, -0.1) is 0 Å². The molecule has 0 unspecified atom stereocenters. The van der Waals surface area contributed by atoms with E-state index in [1.165, 1.54) is 0 Å². The number of hydrogen-bond acceptors (Lipinski definition) is 4. The first-order valence-corrected chi connectivity index (χ1v) is 8.58. The minimum Gasteiger partial charge on any atom is -0.332 e. The number of rotatable bonds is 3. The summed E-state index contributed by atoms with van der Waals surface area (Å²) in [6.45, 7) is 5.02. The van der Waals surface area contributed by atoms with Crippen molar-refractivity contribution in [3.8, 4) is 0 Å². The molecule has 0 spiro atoms. The number of nitrogens with zero attached hydrogens (tertiary/aromatic N) is 3. The summed E-state index contributed by atoms with van der Waals surface area (Å²) >= 11 is 0. The predicted molar refractivity (Wildman–Crippen MR) is 92.8 cm³/mol. The number of nitrogens with one attached hydrogen (secondary N) is 1. The van der Waals surface area contributed by atoms with Crippen LogP contribution in [0.15, 0.2) is 24.4 Å². The zero-order chi connectivity index (χ0) is 17.6. The summed E-state index contributed by atoms with van der Waals surface area (Å²) < 4.78 is 0. The van der Waals surface area contributed by atoms with Crippen LogP contribution in [-0.2, 0) is 29.1 Å². The van der Waals surface area contributed by atoms with Gasteiger partial charge in [0, 0.05) is 36.8 Å². The van der Waals surface area contributed by atoms with E-state index >= 15 is 0 Å². The zero-order valence-corrected chi connectivity index (χ0v) is 14.4. The van der Waals surface area contributed by atoms with Crippen LogP contribution in [0.25, 0.3) is 0 Å². The van der Waals surface area contributed by atoms with Gasteiger partial charge in [-0.05, 0) is 18.6 Å². The van der Waals surface area contributed by atoms with Crippen LogP contribution in [0.5, 0.6) is 0 Å². The van der Waals surface area contributed by atoms with Crippen molar-refractivity contribution in [1.29, 1.82) is 0 Å². The van der Waals surface area contributed by atoms with Gasteiger partial charge < -0.3 is 10.2 Å². The van der Waals surface area contributed by atoms with Crippen molar-refractivity contribution in [2.45, 2.75) is 45.7 Å². The number of carbonyl (C=O) groups is 2. The molecule has 1 atom stereocenters. The number of carbonyl (C=O) groups excluding carboxylic acids is 2. The molecule has 1 N–H and O–H groups in total. The number of aromatic nitrogens is 2. The minimum atomic E-state index is -0.414. The largest absolute Gasteiger partial charge is 0.332 e. The average Bonchev–Trinajstić information content (AvgIpc) is 3.16. The van der Waals surface area contributed by atoms with E-state index in [1.54, 1.807) is 4.90 Å². The number of aryl methyl sites for hydroxylation is 2. The molecule has 0 fully saturated rings. The SMILES string of the molecule is CCc1ncc2c(n1)CN(C(=O)C[C@H]1C(=O)Nc3ccc(C)cc31)C2. The second-order valence-electron chi connectivity index (χ2n) is 6.70. The number of benzene rings is 1. The summed E-state index contributed by atoms with van der Waals surface area (Å²) in [7, 11) is 0. The average molecular weight is 336 g/mol. The second-order valence-corrected chi connectivity index (χ2v) is 6.70. The van der Waals surface area contributed by atoms with Gasteiger partial charge in [-0.1, -0.05) is 24.6 Å². The Bertz CT molecular complexity index is 878. The van der Waals surface area contributed by atoms with Crippen molar-refractivity contribution in [3.63, 3.8) is 0 Å². The van der Waals surface area contributed by atoms with Gasteiger partial charge in [0.25, 0.3) is 0 Å². The fourth-order valence-corrected chi connectivity index (χ4v) is 3.49. The topological polar surface area (TPSA) is 75.2 Å². The highest BCUT2D eigenvalue weighted by Crippen LogP contribution is 2.36. The van der Waals surface area contributed by atoms with Crippen LogP contribution >= 0.6 is 0 Å². The van der Waals surface area contributed by atoms with Gasteiger partial charge in [-0.2, -0.15) is 0 Å². The molecule has 128 valence electrons. The Balaban J connectivity index is 1.50. The molecule has 6 nitrogen and oxygen atoms in total. The zero-order valence-electron chi connectivity index (χ0n) is 14.4. The Labute approximate surface area is 146 Å². The van der Waals surface area contributed by atoms with Crippen molar-refractivity contribution in [2.75, 3.05) is 5.32 Å². The van der Waals surface area contributed by atoms with Gasteiger partial charge in [0.05, 0.1) is 18.2 Å². The first-order chi connectivity index (χ1) is 12.0. The third-order valence-corrected chi connectivity index (χ3v) is 4.91. The Kier molecular flexibility index (Phi) is 3.75. The molecule has 2 amide bonds. The normalized spacial score (nSPS) is 18.1. The molecule has 0 bridgehead atoms. The summed E-state index contributed by atoms with van der Waals surface area (Å²) in [6, 6.07) is 5.86. The van der Waals surface area contributed by atoms with Crippen LogP contribution in [0.3, 0.4) is 0 Å². The number of anilines is 1. The first kappa shape index (κ1) is 15.7. The molecule has 0 radical (unpaired) electrons. The highest BCUT2D eigenvalue weighted by atomic mass is 16.2. The van der Waals surface area contributed by atoms with Crippen molar-refractivity contribution in [1.82, 2.24) is 14.9 Å². The number of amides is 2. The smallest absolute Gasteiger partial charge is 0.232 e. The molecule has 0 saturated heterocycles. The quantitative estimate of drug-likeness (QED) is 0.933. The van der Waals surface area contributed by atoms with Crippen LogP contribution in [-0.4, -0.2) is 26.7 Å². The highest BCUT2D eigenvalue weighted by molar-refractivity contribution is 6.05. The lowest BCUT2D eigenvalue weighted by Gasteiger charge is -2.17. The molecule has 0 saturated carbocycles. The van der Waals surface area contributed by atoms with Crippen molar-refractivity contribution in [2.24, 2.45) is 0 Å². The van der Waals surface area contributed by atoms with Crippen LogP contribution < -0.4 is 5.32 Å². The van der Waals surface area contributed by atoms with E-state index in [0.29, 0.717) is 13.1 Å². The van der Waals surface area contributed by atoms with Gasteiger partial charge in [-0.3, -0.25) is 9.59 Å². The maximum atomic E-state index is 12.8. The predicted octanol–water partition coefficient (Wildman–Crippen LogP) is 2.32. The van der Waals surface area contributed by atoms with Gasteiger partial charge in [0.1, 0.15) is 5.82 Å². The lowest BCUT2D eigenvalue weighted by atomic mass is 9.95. The van der Waals surface area contributed by atoms with Crippen molar-refractivity contribution in [3.05, 3.63) is 52.6 Å². The van der Waals surface area contributed by atoms with Crippen molar-refractivity contribution >= 4 is 17.5 Å². The Hall–Kier alpha value is -2.76. The van der Waals surface area contributed by atoms with Gasteiger partial charge in [0.15, 0.2) is 0 Å². The van der Waals surface area contributed by atoms with Gasteiger partial charge in [0.2, 0.25) is 11.8 Å². The Morgan fingerprint density at radius 2 is 2.20 bits per heavy atom. The van der Waals surface area contributed by atoms with E-state index in [0.717, 1.165) is 40.3 Å². The standard InChI is InChI=1S/C19H20N4O2/c1-3-17-20-8-12-9-23(10-16(12)21-17)18(24)7-14-13-6-11(2)4-5-15(13)22-19(14)25/h4-6,8,14H,3,7,9-10H2,1-2H3,(H,22,25)/t14-/m1/s1. The maximum Gasteiger partial charge on any atom is 0.232 e. The number of fused-ring (bicyclic) bond motifs is 2. The second kappa shape index (κ2) is 5.95. The van der Waals surface area contributed by atoms with Crippen LogP contribution in [0.2, 0.25) is 0 Å². The lowest BCUT2D eigenvalue weighted by Crippen LogP contribution is -2.28. The van der Waals surface area contributed by atoms with Gasteiger partial charge in [-0.25, -0.2) is 9.97 Å². The molecule has 2 aromatic rings. The van der Waals surface area contributed by atoms with E-state index in [2.05, 4.69) is 15.3 Å². The molecular formula is C19H20N4O2. The van der Waals surface area contributed by atoms with Crippen LogP contribution in [0, 0.1) is 6.92 Å². The molecule has 1 aromatic carbocycles. The van der Waals surface area contributed by atoms with E-state index in [4.69, 9.17) is 0 Å². The maximum absolute atomic E-state index is 12.8. The van der Waals surface area contributed by atoms with E-state index in [9.17, 15) is 9.59 Å². The molecule has 25 heavy (non-hydrogen) atoms. The summed E-state index contributed by atoms with van der Waals surface area (Å²) in [5.41, 5.74) is 4.74. The van der Waals surface area contributed by atoms with Crippen LogP contribution in [0.1, 0.15) is 47.5 Å². The fourth-order valence-electron chi connectivity index (χ4n) is 3.49. The van der Waals surface area contributed by atoms with E-state index in [1.807, 2.05) is 38.2 Å². The highest BCUT2D eigenvalue weighted by Gasteiger charge is 2.35. The molecular weight excluding hydrogens is 316 g/mol. The Morgan fingerprint density at radius 1 is 1.36 bits per heavy atom. The van der Waals surface area contributed by atoms with Crippen LogP contribution in [0.4, 0.5) is 5.69 Å². The van der Waals surface area contributed by atoms with E-state index < -0.39 is 5.92 Å². The summed E-state index contributed by atoms with van der Waals surface area (Å²) in [4.78, 5) is 35.6. The van der Waals surface area contributed by atoms with Crippen molar-refractivity contribution < 1.29 is 9.59 Å². The molecule has 1 aromatic heterocycles. The minimum absolute atomic E-state index is 0.0226. The fraction of sp³-hybridized carbons (Fsp3) is 0.368. The molecule has 2 aliphatic rings. The lowest BCUT2D eigenvalue weighted by molar-refractivity contribution is -0.134. The summed E-state index contributed by atoms with van der Waals surface area (Å²) in [6.07, 6.45) is 2.78. The summed E-state index contributed by atoms with van der Waals surface area (Å²) in [5, 5.41) is 2.87. The molecule has 4 rings (SSSR count). The third kappa shape index (κ3) is 2.77. The molecule has 3 heterocycles. The monoisotopic (exact) mass is 336 g/mol. The Morgan fingerprint density at radius 3 is 3.00 bits per heavy atom. The van der Waals surface area contributed by atoms with E-state index in [-0.39, 0.29) is 18.2 Å². The third-order valence-electron chi connectivity index (χ3n) is 4.91. The van der Waals surface area contributed by atoms with Gasteiger partial charge >= 0.3 is 0 Å². The molecule has 0 aliphatic carbocycles. The molecule has 6 heteroatoms. The first-order valence-electron chi connectivity index (χ1n) is 8.58. The number of hydrogen-bond donors (Lipinski definition) is 1.